The van der Waals surface area contributed by atoms with Crippen molar-refractivity contribution in [1.82, 2.24) is 19.5 Å². The minimum absolute atomic E-state index is 0.187. The summed E-state index contributed by atoms with van der Waals surface area (Å²) in [6.45, 7) is 2.63. The molecule has 30 heavy (non-hydrogen) atoms. The topological polar surface area (TPSA) is 69.9 Å². The average Bonchev–Trinajstić information content (AvgIpc) is 3.37. The smallest absolute Gasteiger partial charge is 0.245 e. The Hall–Kier alpha value is -3.25. The Bertz CT molecular complexity index is 1250. The second kappa shape index (κ2) is 7.22. The van der Waals surface area contributed by atoms with Crippen molar-refractivity contribution in [2.24, 2.45) is 0 Å². The second-order valence-corrected chi connectivity index (χ2v) is 8.17. The Morgan fingerprint density at radius 1 is 1.17 bits per heavy atom. The molecular formula is C23H19ClN4O2. The van der Waals surface area contributed by atoms with Gasteiger partial charge in [0.2, 0.25) is 5.88 Å². The molecule has 2 heterocycles. The number of carbonyl (C=O) groups excluding carboxylic acids is 1. The first-order valence-corrected chi connectivity index (χ1v) is 10.1. The van der Waals surface area contributed by atoms with Crippen LogP contribution in [0.3, 0.4) is 0 Å². The summed E-state index contributed by atoms with van der Waals surface area (Å²) in [6.07, 6.45) is 4.27. The fraction of sp³-hybridized carbons (Fsp3) is 0.217. The third-order valence-electron chi connectivity index (χ3n) is 5.35. The van der Waals surface area contributed by atoms with E-state index in [4.69, 9.17) is 21.3 Å². The zero-order valence-electron chi connectivity index (χ0n) is 16.4. The summed E-state index contributed by atoms with van der Waals surface area (Å²) in [5, 5.41) is 0.453. The van der Waals surface area contributed by atoms with E-state index in [0.29, 0.717) is 40.0 Å². The number of halogens is 1. The van der Waals surface area contributed by atoms with Crippen molar-refractivity contribution < 1.29 is 9.53 Å². The molecule has 0 amide bonds. The molecule has 2 aromatic carbocycles. The van der Waals surface area contributed by atoms with Crippen molar-refractivity contribution in [3.8, 4) is 17.3 Å². The number of imidazole rings is 1. The number of nitrogens with zero attached hydrogens (tertiary/aromatic N) is 4. The van der Waals surface area contributed by atoms with Gasteiger partial charge in [-0.2, -0.15) is 4.98 Å². The molecule has 6 nitrogen and oxygen atoms in total. The van der Waals surface area contributed by atoms with Crippen LogP contribution in [0.1, 0.15) is 35.7 Å². The molecule has 1 aliphatic carbocycles. The van der Waals surface area contributed by atoms with E-state index in [2.05, 4.69) is 29.0 Å². The van der Waals surface area contributed by atoms with Gasteiger partial charge in [-0.05, 0) is 37.5 Å². The molecule has 1 saturated carbocycles. The van der Waals surface area contributed by atoms with Crippen molar-refractivity contribution >= 4 is 29.1 Å². The van der Waals surface area contributed by atoms with Gasteiger partial charge in [0.05, 0.1) is 11.6 Å². The molecule has 7 heteroatoms. The largest absolute Gasteiger partial charge is 0.470 e. The Balaban J connectivity index is 1.70. The Morgan fingerprint density at radius 2 is 1.97 bits per heavy atom. The minimum atomic E-state index is -0.187. The molecular weight excluding hydrogens is 400 g/mol. The highest BCUT2D eigenvalue weighted by Gasteiger charge is 2.41. The molecule has 2 aromatic heterocycles. The first-order valence-electron chi connectivity index (χ1n) is 9.76. The van der Waals surface area contributed by atoms with E-state index in [1.807, 2.05) is 28.8 Å². The number of carbonyl (C=O) groups is 1. The standard InChI is InChI=1S/C23H19ClN4O2/c1-23(9-10-23)30-22-19-21(25-14-26-22)28(12-15-5-3-2-4-6-15)20(27-19)17-8-7-16(13-29)11-18(17)24/h2-8,11,13-14H,9-10,12H2,1H3. The number of aromatic nitrogens is 4. The summed E-state index contributed by atoms with van der Waals surface area (Å²) in [5.74, 6) is 1.14. The summed E-state index contributed by atoms with van der Waals surface area (Å²) < 4.78 is 8.15. The first-order chi connectivity index (χ1) is 14.6. The van der Waals surface area contributed by atoms with E-state index in [9.17, 15) is 4.79 Å². The third kappa shape index (κ3) is 3.44. The number of hydrogen-bond acceptors (Lipinski definition) is 5. The highest BCUT2D eigenvalue weighted by atomic mass is 35.5. The van der Waals surface area contributed by atoms with Crippen LogP contribution in [0, 0.1) is 0 Å². The highest BCUT2D eigenvalue weighted by Crippen LogP contribution is 2.41. The molecule has 0 spiro atoms. The van der Waals surface area contributed by atoms with Gasteiger partial charge < -0.3 is 9.30 Å². The quantitative estimate of drug-likeness (QED) is 0.415. The van der Waals surface area contributed by atoms with Crippen LogP contribution in [0.15, 0.2) is 54.9 Å². The van der Waals surface area contributed by atoms with Crippen molar-refractivity contribution in [2.45, 2.75) is 31.9 Å². The van der Waals surface area contributed by atoms with Gasteiger partial charge >= 0.3 is 0 Å². The Kier molecular flexibility index (Phi) is 4.51. The summed E-state index contributed by atoms with van der Waals surface area (Å²) >= 11 is 6.52. The van der Waals surface area contributed by atoms with Gasteiger partial charge in [-0.25, -0.2) is 9.97 Å². The normalized spacial score (nSPS) is 14.6. The first kappa shape index (κ1) is 18.8. The SMILES string of the molecule is CC1(Oc2ncnc3c2nc(-c2ccc(C=O)cc2Cl)n3Cc2ccccc2)CC1. The average molecular weight is 419 g/mol. The number of benzene rings is 2. The third-order valence-corrected chi connectivity index (χ3v) is 5.66. The van der Waals surface area contributed by atoms with Crippen molar-refractivity contribution in [3.63, 3.8) is 0 Å². The van der Waals surface area contributed by atoms with Crippen LogP contribution in [-0.2, 0) is 6.54 Å². The monoisotopic (exact) mass is 418 g/mol. The van der Waals surface area contributed by atoms with Crippen LogP contribution >= 0.6 is 11.6 Å². The molecule has 150 valence electrons. The molecule has 1 aliphatic rings. The Labute approximate surface area is 178 Å². The van der Waals surface area contributed by atoms with Gasteiger partial charge in [-0.3, -0.25) is 4.79 Å². The predicted molar refractivity (Wildman–Crippen MR) is 115 cm³/mol. The molecule has 1 fully saturated rings. The number of rotatable bonds is 6. The van der Waals surface area contributed by atoms with E-state index in [-0.39, 0.29) is 5.60 Å². The lowest BCUT2D eigenvalue weighted by atomic mass is 10.1. The van der Waals surface area contributed by atoms with E-state index in [1.54, 1.807) is 12.1 Å². The fourth-order valence-electron chi connectivity index (χ4n) is 3.41. The summed E-state index contributed by atoms with van der Waals surface area (Å²) in [5.41, 5.74) is 3.44. The molecule has 4 aromatic rings. The van der Waals surface area contributed by atoms with Gasteiger partial charge in [-0.15, -0.1) is 0 Å². The van der Waals surface area contributed by atoms with Gasteiger partial charge in [0.25, 0.3) is 0 Å². The van der Waals surface area contributed by atoms with E-state index in [0.717, 1.165) is 30.3 Å². The molecule has 0 atom stereocenters. The lowest BCUT2D eigenvalue weighted by Gasteiger charge is -2.12. The zero-order valence-corrected chi connectivity index (χ0v) is 17.1. The molecule has 0 aliphatic heterocycles. The lowest BCUT2D eigenvalue weighted by molar-refractivity contribution is 0.112. The van der Waals surface area contributed by atoms with E-state index >= 15 is 0 Å². The summed E-state index contributed by atoms with van der Waals surface area (Å²) in [4.78, 5) is 24.8. The molecule has 0 saturated heterocycles. The van der Waals surface area contributed by atoms with Gasteiger partial charge in [0, 0.05) is 11.1 Å². The molecule has 5 rings (SSSR count). The van der Waals surface area contributed by atoms with Gasteiger partial charge in [-0.1, -0.05) is 48.0 Å². The lowest BCUT2D eigenvalue weighted by Crippen LogP contribution is -2.13. The maximum absolute atomic E-state index is 11.1. The molecule has 0 unspecified atom stereocenters. The maximum Gasteiger partial charge on any atom is 0.245 e. The van der Waals surface area contributed by atoms with Gasteiger partial charge in [0.15, 0.2) is 11.2 Å². The minimum Gasteiger partial charge on any atom is -0.470 e. The molecule has 0 N–H and O–H groups in total. The van der Waals surface area contributed by atoms with E-state index in [1.165, 1.54) is 6.33 Å². The molecule has 0 bridgehead atoms. The summed E-state index contributed by atoms with van der Waals surface area (Å²) in [6, 6.07) is 15.3. The number of aldehydes is 1. The van der Waals surface area contributed by atoms with Crippen molar-refractivity contribution in [3.05, 3.63) is 71.0 Å². The van der Waals surface area contributed by atoms with Crippen LogP contribution in [0.2, 0.25) is 5.02 Å². The highest BCUT2D eigenvalue weighted by molar-refractivity contribution is 6.33. The predicted octanol–water partition coefficient (Wildman–Crippen LogP) is 4.94. The summed E-state index contributed by atoms with van der Waals surface area (Å²) in [7, 11) is 0. The van der Waals surface area contributed by atoms with Crippen molar-refractivity contribution in [2.75, 3.05) is 0 Å². The van der Waals surface area contributed by atoms with Crippen LogP contribution in [0.25, 0.3) is 22.6 Å². The number of fused-ring (bicyclic) bond motifs is 1. The van der Waals surface area contributed by atoms with Crippen LogP contribution in [0.4, 0.5) is 0 Å². The second-order valence-electron chi connectivity index (χ2n) is 7.77. The van der Waals surface area contributed by atoms with Crippen LogP contribution in [0.5, 0.6) is 5.88 Å². The number of hydrogen-bond donors (Lipinski definition) is 0. The number of ether oxygens (including phenoxy) is 1. The maximum atomic E-state index is 11.1. The van der Waals surface area contributed by atoms with E-state index < -0.39 is 0 Å². The fourth-order valence-corrected chi connectivity index (χ4v) is 3.68. The Morgan fingerprint density at radius 3 is 2.67 bits per heavy atom. The molecule has 0 radical (unpaired) electrons. The van der Waals surface area contributed by atoms with Crippen LogP contribution < -0.4 is 4.74 Å². The zero-order chi connectivity index (χ0) is 20.7. The van der Waals surface area contributed by atoms with Crippen LogP contribution in [-0.4, -0.2) is 31.4 Å². The van der Waals surface area contributed by atoms with Crippen molar-refractivity contribution in [1.29, 1.82) is 0 Å². The van der Waals surface area contributed by atoms with Gasteiger partial charge in [0.1, 0.15) is 24.0 Å².